The Balaban J connectivity index is 2.16. The molecule has 8 heteroatoms. The van der Waals surface area contributed by atoms with Gasteiger partial charge in [0.15, 0.2) is 0 Å². The molecule has 122 valence electrons. The summed E-state index contributed by atoms with van der Waals surface area (Å²) >= 11 is 5.67. The first kappa shape index (κ1) is 17.4. The fourth-order valence-corrected chi connectivity index (χ4v) is 3.16. The summed E-state index contributed by atoms with van der Waals surface area (Å²) in [5.74, 6) is -0.190. The van der Waals surface area contributed by atoms with E-state index in [-0.39, 0.29) is 22.5 Å². The minimum atomic E-state index is -3.65. The van der Waals surface area contributed by atoms with E-state index in [1.54, 1.807) is 31.3 Å². The van der Waals surface area contributed by atoms with Gasteiger partial charge in [-0.3, -0.25) is 4.79 Å². The van der Waals surface area contributed by atoms with Crippen LogP contribution in [0.3, 0.4) is 0 Å². The Labute approximate surface area is 140 Å². The van der Waals surface area contributed by atoms with Crippen LogP contribution >= 0.6 is 11.6 Å². The average molecular weight is 354 g/mol. The fourth-order valence-electron chi connectivity index (χ4n) is 1.94. The largest absolute Gasteiger partial charge is 0.355 e. The zero-order valence-electron chi connectivity index (χ0n) is 12.7. The van der Waals surface area contributed by atoms with Crippen LogP contribution in [0.25, 0.3) is 0 Å². The van der Waals surface area contributed by atoms with Crippen LogP contribution in [0, 0.1) is 0 Å². The molecule has 1 N–H and O–H groups in total. The van der Waals surface area contributed by atoms with Gasteiger partial charge in [0.1, 0.15) is 10.0 Å². The number of halogens is 1. The van der Waals surface area contributed by atoms with Crippen molar-refractivity contribution in [3.63, 3.8) is 0 Å². The quantitative estimate of drug-likeness (QED) is 0.833. The van der Waals surface area contributed by atoms with Crippen molar-refractivity contribution >= 4 is 27.5 Å². The number of pyridine rings is 1. The van der Waals surface area contributed by atoms with E-state index in [1.165, 1.54) is 29.7 Å². The van der Waals surface area contributed by atoms with Gasteiger partial charge in [-0.15, -0.1) is 0 Å². The monoisotopic (exact) mass is 353 g/mol. The van der Waals surface area contributed by atoms with Crippen LogP contribution in [0.4, 0.5) is 0 Å². The summed E-state index contributed by atoms with van der Waals surface area (Å²) in [7, 11) is -0.617. The molecule has 2 aromatic rings. The number of carbonyl (C=O) groups is 1. The summed E-state index contributed by atoms with van der Waals surface area (Å²) in [5.41, 5.74) is 1.29. The van der Waals surface area contributed by atoms with Crippen LogP contribution in [0.2, 0.25) is 5.15 Å². The number of hydrogen-bond donors (Lipinski definition) is 1. The molecule has 6 nitrogen and oxygen atoms in total. The van der Waals surface area contributed by atoms with Crippen LogP contribution in [0.1, 0.15) is 15.9 Å². The van der Waals surface area contributed by atoms with Crippen molar-refractivity contribution < 1.29 is 13.2 Å². The zero-order valence-corrected chi connectivity index (χ0v) is 14.2. The number of hydrogen-bond acceptors (Lipinski definition) is 4. The minimum Gasteiger partial charge on any atom is -0.355 e. The van der Waals surface area contributed by atoms with Gasteiger partial charge in [0.05, 0.1) is 0 Å². The molecule has 1 aromatic carbocycles. The first-order valence-corrected chi connectivity index (χ1v) is 8.55. The molecular formula is C15H16ClN3O3S. The minimum absolute atomic E-state index is 0.0754. The summed E-state index contributed by atoms with van der Waals surface area (Å²) in [4.78, 5) is 15.3. The summed E-state index contributed by atoms with van der Waals surface area (Å²) < 4.78 is 26.1. The van der Waals surface area contributed by atoms with Crippen molar-refractivity contribution in [2.24, 2.45) is 0 Å². The van der Waals surface area contributed by atoms with E-state index >= 15 is 0 Å². The van der Waals surface area contributed by atoms with Gasteiger partial charge in [0.25, 0.3) is 5.91 Å². The maximum atomic E-state index is 12.4. The molecule has 1 amide bonds. The average Bonchev–Trinajstić information content (AvgIpc) is 2.55. The second kappa shape index (κ2) is 7.08. The van der Waals surface area contributed by atoms with Gasteiger partial charge >= 0.3 is 0 Å². The van der Waals surface area contributed by atoms with Crippen molar-refractivity contribution in [2.45, 2.75) is 11.4 Å². The van der Waals surface area contributed by atoms with Crippen LogP contribution in [0.15, 0.2) is 47.5 Å². The molecule has 2 rings (SSSR count). The van der Waals surface area contributed by atoms with Crippen molar-refractivity contribution in [1.29, 1.82) is 0 Å². The molecule has 1 aromatic heterocycles. The second-order valence-electron chi connectivity index (χ2n) is 4.85. The predicted octanol–water partition coefficient (Wildman–Crippen LogP) is 1.92. The molecule has 0 aliphatic carbocycles. The van der Waals surface area contributed by atoms with Crippen LogP contribution in [-0.4, -0.2) is 37.7 Å². The Kier molecular flexibility index (Phi) is 5.35. The van der Waals surface area contributed by atoms with Gasteiger partial charge in [0.2, 0.25) is 10.0 Å². The molecule has 0 fully saturated rings. The lowest BCUT2D eigenvalue weighted by Crippen LogP contribution is -2.26. The van der Waals surface area contributed by atoms with E-state index in [0.717, 1.165) is 5.56 Å². The highest BCUT2D eigenvalue weighted by molar-refractivity contribution is 7.89. The summed E-state index contributed by atoms with van der Waals surface area (Å²) in [6, 6.07) is 9.58. The highest BCUT2D eigenvalue weighted by Crippen LogP contribution is 2.17. The first-order chi connectivity index (χ1) is 10.8. The first-order valence-electron chi connectivity index (χ1n) is 6.73. The van der Waals surface area contributed by atoms with Crippen LogP contribution in [0.5, 0.6) is 0 Å². The lowest BCUT2D eigenvalue weighted by Gasteiger charge is -2.17. The van der Waals surface area contributed by atoms with Gasteiger partial charge in [-0.25, -0.2) is 13.4 Å². The second-order valence-corrected chi connectivity index (χ2v) is 7.29. The van der Waals surface area contributed by atoms with Crippen molar-refractivity contribution in [3.05, 3.63) is 58.9 Å². The van der Waals surface area contributed by atoms with E-state index in [1.807, 2.05) is 0 Å². The number of amides is 1. The number of carbonyl (C=O) groups excluding carboxylic acids is 1. The van der Waals surface area contributed by atoms with Gasteiger partial charge in [0, 0.05) is 32.4 Å². The van der Waals surface area contributed by atoms with Crippen molar-refractivity contribution in [3.8, 4) is 0 Å². The molecule has 0 saturated heterocycles. The fraction of sp³-hybridized carbons (Fsp3) is 0.200. The molecule has 1 heterocycles. The Morgan fingerprint density at radius 3 is 2.39 bits per heavy atom. The lowest BCUT2D eigenvalue weighted by molar-refractivity contribution is 0.0963. The number of nitrogens with one attached hydrogen (secondary N) is 1. The Hall–Kier alpha value is -1.96. The zero-order chi connectivity index (χ0) is 17.0. The topological polar surface area (TPSA) is 79.4 Å². The smallest absolute Gasteiger partial charge is 0.251 e. The number of aromatic nitrogens is 1. The number of sulfonamides is 1. The third-order valence-corrected chi connectivity index (χ3v) is 5.27. The molecule has 0 spiro atoms. The molecule has 0 unspecified atom stereocenters. The Bertz CT molecular complexity index is 790. The van der Waals surface area contributed by atoms with Gasteiger partial charge in [-0.2, -0.15) is 4.31 Å². The van der Waals surface area contributed by atoms with Crippen LogP contribution < -0.4 is 5.32 Å². The maximum Gasteiger partial charge on any atom is 0.251 e. The van der Waals surface area contributed by atoms with E-state index in [0.29, 0.717) is 5.56 Å². The van der Waals surface area contributed by atoms with E-state index in [9.17, 15) is 13.2 Å². The lowest BCUT2D eigenvalue weighted by atomic mass is 10.1. The molecule has 0 bridgehead atoms. The van der Waals surface area contributed by atoms with E-state index < -0.39 is 10.0 Å². The third-order valence-electron chi connectivity index (χ3n) is 3.26. The number of nitrogens with zero attached hydrogens (tertiary/aromatic N) is 2. The maximum absolute atomic E-state index is 12.4. The van der Waals surface area contributed by atoms with Gasteiger partial charge < -0.3 is 5.32 Å². The van der Waals surface area contributed by atoms with Gasteiger partial charge in [-0.1, -0.05) is 23.7 Å². The normalized spacial score (nSPS) is 11.5. The molecule has 0 aliphatic heterocycles. The number of benzene rings is 1. The predicted molar refractivity (Wildman–Crippen MR) is 87.7 cm³/mol. The van der Waals surface area contributed by atoms with E-state index in [2.05, 4.69) is 10.3 Å². The standard InChI is InChI=1S/C15H16ClN3O3S/c1-17-15(20)12-5-3-11(4-6-12)10-19(2)23(21,22)13-7-8-14(16)18-9-13/h3-9H,10H2,1-2H3,(H,17,20). The molecule has 0 radical (unpaired) electrons. The van der Waals surface area contributed by atoms with E-state index in [4.69, 9.17) is 11.6 Å². The summed E-state index contributed by atoms with van der Waals surface area (Å²) in [6.45, 7) is 0.180. The van der Waals surface area contributed by atoms with Crippen molar-refractivity contribution in [1.82, 2.24) is 14.6 Å². The molecule has 23 heavy (non-hydrogen) atoms. The SMILES string of the molecule is CNC(=O)c1ccc(CN(C)S(=O)(=O)c2ccc(Cl)nc2)cc1. The summed E-state index contributed by atoms with van der Waals surface area (Å²) in [6.07, 6.45) is 1.23. The highest BCUT2D eigenvalue weighted by atomic mass is 35.5. The Morgan fingerprint density at radius 2 is 1.87 bits per heavy atom. The third kappa shape index (κ3) is 4.07. The number of rotatable bonds is 5. The van der Waals surface area contributed by atoms with Crippen molar-refractivity contribution in [2.75, 3.05) is 14.1 Å². The molecular weight excluding hydrogens is 338 g/mol. The summed E-state index contributed by atoms with van der Waals surface area (Å²) in [5, 5.41) is 2.76. The Morgan fingerprint density at radius 1 is 1.22 bits per heavy atom. The van der Waals surface area contributed by atoms with Crippen LogP contribution in [-0.2, 0) is 16.6 Å². The van der Waals surface area contributed by atoms with Gasteiger partial charge in [-0.05, 0) is 29.8 Å². The highest BCUT2D eigenvalue weighted by Gasteiger charge is 2.21. The molecule has 0 atom stereocenters. The molecule has 0 aliphatic rings. The molecule has 0 saturated carbocycles.